The van der Waals surface area contributed by atoms with Crippen LogP contribution in [0.4, 0.5) is 0 Å². The Balaban J connectivity index is 2.14. The quantitative estimate of drug-likeness (QED) is 0.674. The van der Waals surface area contributed by atoms with E-state index in [0.29, 0.717) is 23.0 Å². The molecule has 1 atom stereocenters. The molecule has 0 heterocycles. The van der Waals surface area contributed by atoms with Crippen molar-refractivity contribution in [3.63, 3.8) is 0 Å². The first-order valence-electron chi connectivity index (χ1n) is 8.06. The molecule has 0 spiro atoms. The number of hydrogen-bond donors (Lipinski definition) is 1. The molecule has 2 rings (SSSR count). The van der Waals surface area contributed by atoms with E-state index in [4.69, 9.17) is 12.6 Å². The molecule has 0 aromatic heterocycles. The first-order valence-corrected chi connectivity index (χ1v) is 8.06. The molecule has 0 aliphatic heterocycles. The number of hydrogen-bond acceptors (Lipinski definition) is 3. The van der Waals surface area contributed by atoms with Gasteiger partial charge in [-0.2, -0.15) is 0 Å². The summed E-state index contributed by atoms with van der Waals surface area (Å²) in [6.45, 7) is 5.43. The minimum Gasteiger partial charge on any atom is -0.481 e. The van der Waals surface area contributed by atoms with Gasteiger partial charge >= 0.3 is 11.9 Å². The highest BCUT2D eigenvalue weighted by molar-refractivity contribution is 6.32. The van der Waals surface area contributed by atoms with E-state index in [1.165, 1.54) is 0 Å². The second-order valence-electron chi connectivity index (χ2n) is 6.96. The first-order chi connectivity index (χ1) is 11.7. The molecule has 0 aliphatic rings. The number of carbonyl (C=O) groups excluding carboxylic acids is 1. The Bertz CT molecular complexity index is 743. The maximum Gasteiger partial charge on any atom is 0.338 e. The summed E-state index contributed by atoms with van der Waals surface area (Å²) in [5.41, 5.74) is 2.00. The lowest BCUT2D eigenvalue weighted by molar-refractivity contribution is -0.138. The molecule has 2 radical (unpaired) electrons. The zero-order valence-corrected chi connectivity index (χ0v) is 14.7. The summed E-state index contributed by atoms with van der Waals surface area (Å²) in [6, 6.07) is 13.7. The van der Waals surface area contributed by atoms with Crippen molar-refractivity contribution in [3.05, 3.63) is 65.2 Å². The molecule has 5 heteroatoms. The van der Waals surface area contributed by atoms with Crippen molar-refractivity contribution in [1.29, 1.82) is 0 Å². The third-order valence-corrected chi connectivity index (χ3v) is 3.67. The van der Waals surface area contributed by atoms with Crippen molar-refractivity contribution in [3.8, 4) is 0 Å². The Labute approximate surface area is 149 Å². The molecule has 25 heavy (non-hydrogen) atoms. The Morgan fingerprint density at radius 3 is 2.08 bits per heavy atom. The topological polar surface area (TPSA) is 63.6 Å². The molecule has 2 aromatic carbocycles. The van der Waals surface area contributed by atoms with E-state index in [2.05, 4.69) is 0 Å². The summed E-state index contributed by atoms with van der Waals surface area (Å²) >= 11 is 0. The molecule has 0 fully saturated rings. The van der Waals surface area contributed by atoms with Crippen molar-refractivity contribution in [2.75, 3.05) is 0 Å². The van der Waals surface area contributed by atoms with Crippen LogP contribution in [0.25, 0.3) is 0 Å². The van der Waals surface area contributed by atoms with Crippen molar-refractivity contribution < 1.29 is 19.4 Å². The minimum atomic E-state index is -0.902. The van der Waals surface area contributed by atoms with Gasteiger partial charge in [0, 0.05) is 0 Å². The molecule has 0 aliphatic carbocycles. The molecule has 1 N–H and O–H groups in total. The van der Waals surface area contributed by atoms with Crippen molar-refractivity contribution in [1.82, 2.24) is 0 Å². The number of ether oxygens (including phenoxy) is 1. The van der Waals surface area contributed by atoms with Gasteiger partial charge < -0.3 is 9.84 Å². The van der Waals surface area contributed by atoms with E-state index >= 15 is 0 Å². The lowest BCUT2D eigenvalue weighted by atomic mass is 9.88. The van der Waals surface area contributed by atoms with E-state index in [9.17, 15) is 14.7 Å². The fourth-order valence-corrected chi connectivity index (χ4v) is 2.43. The van der Waals surface area contributed by atoms with Gasteiger partial charge in [0.25, 0.3) is 0 Å². The van der Waals surface area contributed by atoms with E-state index in [-0.39, 0.29) is 0 Å². The van der Waals surface area contributed by atoms with Crippen LogP contribution in [0.2, 0.25) is 0 Å². The molecule has 0 bridgehead atoms. The predicted octanol–water partition coefficient (Wildman–Crippen LogP) is 2.85. The predicted molar refractivity (Wildman–Crippen MR) is 97.5 cm³/mol. The van der Waals surface area contributed by atoms with Gasteiger partial charge in [-0.05, 0) is 50.5 Å². The Hall–Kier alpha value is -2.56. The van der Waals surface area contributed by atoms with Crippen LogP contribution < -0.4 is 5.46 Å². The largest absolute Gasteiger partial charge is 0.481 e. The SMILES string of the molecule is [B]c1ccc([C@@H](Cc2ccc(C(=O)OC(C)(C)C)cc2)C(=O)O)cc1. The van der Waals surface area contributed by atoms with Crippen LogP contribution in [-0.4, -0.2) is 30.5 Å². The average Bonchev–Trinajstić information content (AvgIpc) is 2.52. The monoisotopic (exact) mass is 336 g/mol. The van der Waals surface area contributed by atoms with Gasteiger partial charge in [0.2, 0.25) is 0 Å². The third-order valence-electron chi connectivity index (χ3n) is 3.67. The molecule has 128 valence electrons. The van der Waals surface area contributed by atoms with Crippen LogP contribution in [-0.2, 0) is 16.0 Å². The molecular weight excluding hydrogens is 315 g/mol. The molecule has 2 aromatic rings. The first kappa shape index (κ1) is 18.8. The smallest absolute Gasteiger partial charge is 0.338 e. The standard InChI is InChI=1S/C20H21BO4/c1-20(2,3)25-19(24)15-6-4-13(5-7-15)12-17(18(22)23)14-8-10-16(21)11-9-14/h4-11,17H,12H2,1-3H3,(H,22,23)/t17-/m1/s1. The van der Waals surface area contributed by atoms with E-state index in [1.54, 1.807) is 48.5 Å². The van der Waals surface area contributed by atoms with Gasteiger partial charge in [-0.3, -0.25) is 4.79 Å². The zero-order valence-electron chi connectivity index (χ0n) is 14.7. The fourth-order valence-electron chi connectivity index (χ4n) is 2.43. The number of carboxylic acid groups (broad SMARTS) is 1. The van der Waals surface area contributed by atoms with Crippen LogP contribution in [0.15, 0.2) is 48.5 Å². The highest BCUT2D eigenvalue weighted by atomic mass is 16.6. The van der Waals surface area contributed by atoms with Crippen LogP contribution in [0.5, 0.6) is 0 Å². The Morgan fingerprint density at radius 2 is 1.60 bits per heavy atom. The van der Waals surface area contributed by atoms with Gasteiger partial charge in [0.15, 0.2) is 0 Å². The molecule has 0 saturated carbocycles. The van der Waals surface area contributed by atoms with Gasteiger partial charge in [-0.25, -0.2) is 4.79 Å². The molecule has 0 saturated heterocycles. The van der Waals surface area contributed by atoms with Gasteiger partial charge in [-0.15, -0.1) is 0 Å². The van der Waals surface area contributed by atoms with Crippen molar-refractivity contribution >= 4 is 25.2 Å². The molecule has 0 amide bonds. The second-order valence-corrected chi connectivity index (χ2v) is 6.96. The van der Waals surface area contributed by atoms with Crippen molar-refractivity contribution in [2.45, 2.75) is 38.7 Å². The highest BCUT2D eigenvalue weighted by Gasteiger charge is 2.21. The normalized spacial score (nSPS) is 12.4. The van der Waals surface area contributed by atoms with E-state index < -0.39 is 23.5 Å². The summed E-state index contributed by atoms with van der Waals surface area (Å²) in [7, 11) is 5.65. The molecular formula is C20H21BO4. The van der Waals surface area contributed by atoms with E-state index in [0.717, 1.165) is 5.56 Å². The number of esters is 1. The van der Waals surface area contributed by atoms with Crippen LogP contribution in [0.1, 0.15) is 48.2 Å². The van der Waals surface area contributed by atoms with Gasteiger partial charge in [0.05, 0.1) is 11.5 Å². The zero-order chi connectivity index (χ0) is 18.6. The third kappa shape index (κ3) is 5.49. The minimum absolute atomic E-state index is 0.327. The van der Waals surface area contributed by atoms with Gasteiger partial charge in [0.1, 0.15) is 13.4 Å². The highest BCUT2D eigenvalue weighted by Crippen LogP contribution is 2.22. The summed E-state index contributed by atoms with van der Waals surface area (Å²) < 4.78 is 5.32. The maximum absolute atomic E-state index is 12.0. The van der Waals surface area contributed by atoms with Crippen LogP contribution >= 0.6 is 0 Å². The lowest BCUT2D eigenvalue weighted by Gasteiger charge is -2.19. The number of carbonyl (C=O) groups is 2. The van der Waals surface area contributed by atoms with Crippen molar-refractivity contribution in [2.24, 2.45) is 0 Å². The van der Waals surface area contributed by atoms with Gasteiger partial charge in [-0.1, -0.05) is 41.9 Å². The summed E-state index contributed by atoms with van der Waals surface area (Å²) in [6.07, 6.45) is 0.327. The lowest BCUT2D eigenvalue weighted by Crippen LogP contribution is -2.23. The molecule has 4 nitrogen and oxygen atoms in total. The number of aliphatic carboxylic acids is 1. The van der Waals surface area contributed by atoms with E-state index in [1.807, 2.05) is 20.8 Å². The molecule has 0 unspecified atom stereocenters. The van der Waals surface area contributed by atoms with Crippen LogP contribution in [0, 0.1) is 0 Å². The number of rotatable bonds is 5. The fraction of sp³-hybridized carbons (Fsp3) is 0.300. The Morgan fingerprint density at radius 1 is 1.04 bits per heavy atom. The Kier molecular flexibility index (Phi) is 5.68. The van der Waals surface area contributed by atoms with Crippen LogP contribution in [0.3, 0.4) is 0 Å². The number of carboxylic acids is 1. The number of benzene rings is 2. The second kappa shape index (κ2) is 7.56. The summed E-state index contributed by atoms with van der Waals surface area (Å²) in [5.74, 6) is -1.97. The summed E-state index contributed by atoms with van der Waals surface area (Å²) in [4.78, 5) is 23.6. The maximum atomic E-state index is 12.0. The summed E-state index contributed by atoms with van der Waals surface area (Å²) in [5, 5.41) is 9.52. The average molecular weight is 336 g/mol.